The van der Waals surface area contributed by atoms with Crippen LogP contribution in [0.25, 0.3) is 0 Å². The number of carbonyl (C=O) groups is 2. The van der Waals surface area contributed by atoms with Gasteiger partial charge in [-0.05, 0) is 26.0 Å². The van der Waals surface area contributed by atoms with Gasteiger partial charge >= 0.3 is 0 Å². The van der Waals surface area contributed by atoms with E-state index < -0.39 is 21.5 Å². The first-order chi connectivity index (χ1) is 10.7. The number of anilines is 1. The van der Waals surface area contributed by atoms with Gasteiger partial charge in [0.05, 0.1) is 15.5 Å². The molecule has 2 rings (SSSR count). The second-order valence-electron chi connectivity index (χ2n) is 5.11. The first kappa shape index (κ1) is 17.3. The smallest absolute Gasteiger partial charge is 0.241 e. The Morgan fingerprint density at radius 1 is 1.17 bits per heavy atom. The number of amides is 1. The fourth-order valence-electron chi connectivity index (χ4n) is 1.93. The number of Topliss-reactive ketones (excluding diaryl/α,β-unsaturated/α-hetero) is 1. The third kappa shape index (κ3) is 4.23. The van der Waals surface area contributed by atoms with Gasteiger partial charge in [0.2, 0.25) is 5.91 Å². The molecule has 0 saturated carbocycles. The maximum absolute atomic E-state index is 12.2. The largest absolute Gasteiger partial charge is 0.301 e. The van der Waals surface area contributed by atoms with E-state index in [9.17, 15) is 18.0 Å². The molecule has 0 aliphatic carbocycles. The van der Waals surface area contributed by atoms with Crippen LogP contribution < -0.4 is 5.32 Å². The van der Waals surface area contributed by atoms with Gasteiger partial charge in [-0.1, -0.05) is 29.0 Å². The van der Waals surface area contributed by atoms with Crippen molar-refractivity contribution in [2.75, 3.05) is 11.1 Å². The summed E-state index contributed by atoms with van der Waals surface area (Å²) in [5.41, 5.74) is 1.45. The van der Waals surface area contributed by atoms with Gasteiger partial charge in [0, 0.05) is 6.92 Å². The lowest BCUT2D eigenvalue weighted by molar-refractivity contribution is -0.113. The van der Waals surface area contributed by atoms with Crippen LogP contribution in [0.15, 0.2) is 29.2 Å². The molecule has 0 aliphatic heterocycles. The van der Waals surface area contributed by atoms with Crippen molar-refractivity contribution in [1.29, 1.82) is 0 Å². The number of nitrogens with one attached hydrogen (secondary N) is 1. The van der Waals surface area contributed by atoms with E-state index in [1.807, 2.05) is 6.92 Å². The number of nitrogens with zero attached hydrogens (tertiary/aromatic N) is 1. The first-order valence-electron chi connectivity index (χ1n) is 6.76. The first-order valence-corrected chi connectivity index (χ1v) is 9.23. The predicted octanol–water partition coefficient (Wildman–Crippen LogP) is 2.37. The number of carbonyl (C=O) groups excluding carboxylic acids is 2. The fourth-order valence-corrected chi connectivity index (χ4v) is 3.95. The van der Waals surface area contributed by atoms with Gasteiger partial charge in [0.15, 0.2) is 20.8 Å². The van der Waals surface area contributed by atoms with Crippen LogP contribution in [0.1, 0.15) is 27.9 Å². The number of thiazole rings is 1. The molecule has 0 fully saturated rings. The zero-order valence-electron chi connectivity index (χ0n) is 12.9. The molecule has 1 aromatic heterocycles. The molecular formula is C15H16N2O4S2. The van der Waals surface area contributed by atoms with Gasteiger partial charge in [-0.15, -0.1) is 0 Å². The van der Waals surface area contributed by atoms with Gasteiger partial charge in [0.25, 0.3) is 0 Å². The second-order valence-corrected chi connectivity index (χ2v) is 8.10. The highest BCUT2D eigenvalue weighted by Gasteiger charge is 2.21. The van der Waals surface area contributed by atoms with Crippen LogP contribution in [-0.2, 0) is 14.6 Å². The zero-order chi connectivity index (χ0) is 17.2. The minimum Gasteiger partial charge on any atom is -0.301 e. The van der Waals surface area contributed by atoms with Crippen LogP contribution in [0.4, 0.5) is 5.13 Å². The summed E-state index contributed by atoms with van der Waals surface area (Å²) in [6.45, 7) is 4.92. The lowest BCUT2D eigenvalue weighted by atomic mass is 10.2. The topological polar surface area (TPSA) is 93.2 Å². The fraction of sp³-hybridized carbons (Fsp3) is 0.267. The minimum atomic E-state index is -3.72. The molecule has 1 amide bonds. The van der Waals surface area contributed by atoms with Crippen molar-refractivity contribution >= 4 is 38.0 Å². The SMILES string of the molecule is CC(=O)c1sc(NC(=O)CS(=O)(=O)c2ccc(C)cc2)nc1C. The highest BCUT2D eigenvalue weighted by molar-refractivity contribution is 7.92. The zero-order valence-corrected chi connectivity index (χ0v) is 14.5. The molecule has 1 N–H and O–H groups in total. The van der Waals surface area contributed by atoms with E-state index in [1.165, 1.54) is 19.1 Å². The van der Waals surface area contributed by atoms with Crippen molar-refractivity contribution in [3.63, 3.8) is 0 Å². The van der Waals surface area contributed by atoms with E-state index in [0.29, 0.717) is 10.6 Å². The van der Waals surface area contributed by atoms with Gasteiger partial charge in [-0.3, -0.25) is 9.59 Å². The van der Waals surface area contributed by atoms with Crippen LogP contribution in [0, 0.1) is 13.8 Å². The predicted molar refractivity (Wildman–Crippen MR) is 88.7 cm³/mol. The average molecular weight is 352 g/mol. The molecule has 1 aromatic carbocycles. The van der Waals surface area contributed by atoms with Gasteiger partial charge in [0.1, 0.15) is 5.75 Å². The Morgan fingerprint density at radius 3 is 2.30 bits per heavy atom. The summed E-state index contributed by atoms with van der Waals surface area (Å²) in [7, 11) is -3.72. The van der Waals surface area contributed by atoms with Crippen LogP contribution in [0.5, 0.6) is 0 Å². The van der Waals surface area contributed by atoms with E-state index >= 15 is 0 Å². The Kier molecular flexibility index (Phi) is 4.96. The van der Waals surface area contributed by atoms with E-state index in [1.54, 1.807) is 19.1 Å². The number of sulfone groups is 1. The quantitative estimate of drug-likeness (QED) is 0.834. The molecular weight excluding hydrogens is 336 g/mol. The van der Waals surface area contributed by atoms with E-state index in [0.717, 1.165) is 16.9 Å². The van der Waals surface area contributed by atoms with E-state index in [4.69, 9.17) is 0 Å². The molecule has 0 unspecified atom stereocenters. The molecule has 0 radical (unpaired) electrons. The lowest BCUT2D eigenvalue weighted by Gasteiger charge is -2.04. The monoisotopic (exact) mass is 352 g/mol. The summed E-state index contributed by atoms with van der Waals surface area (Å²) in [5, 5.41) is 2.65. The van der Waals surface area contributed by atoms with Crippen LogP contribution in [0.2, 0.25) is 0 Å². The molecule has 2 aromatic rings. The summed E-state index contributed by atoms with van der Waals surface area (Å²) in [5.74, 6) is -1.51. The number of benzene rings is 1. The number of ketones is 1. The standard InChI is InChI=1S/C15H16N2O4S2/c1-9-4-6-12(7-5-9)23(20,21)8-13(19)17-15-16-10(2)14(22-15)11(3)18/h4-7H,8H2,1-3H3,(H,16,17,19). The Balaban J connectivity index is 2.11. The summed E-state index contributed by atoms with van der Waals surface area (Å²) in [6.07, 6.45) is 0. The summed E-state index contributed by atoms with van der Waals surface area (Å²) < 4.78 is 24.4. The number of aromatic nitrogens is 1. The average Bonchev–Trinajstić information content (AvgIpc) is 2.79. The Bertz CT molecular complexity index is 852. The van der Waals surface area contributed by atoms with Crippen molar-refractivity contribution in [2.45, 2.75) is 25.7 Å². The van der Waals surface area contributed by atoms with E-state index in [-0.39, 0.29) is 15.8 Å². The van der Waals surface area contributed by atoms with Crippen LogP contribution in [-0.4, -0.2) is 30.8 Å². The second kappa shape index (κ2) is 6.59. The third-order valence-corrected chi connectivity index (χ3v) is 5.87. The van der Waals surface area contributed by atoms with Gasteiger partial charge in [-0.25, -0.2) is 13.4 Å². The normalized spacial score (nSPS) is 11.3. The molecule has 8 heteroatoms. The maximum atomic E-state index is 12.2. The summed E-state index contributed by atoms with van der Waals surface area (Å²) in [4.78, 5) is 27.9. The molecule has 0 atom stereocenters. The van der Waals surface area contributed by atoms with Gasteiger partial charge in [-0.2, -0.15) is 0 Å². The summed E-state index contributed by atoms with van der Waals surface area (Å²) >= 11 is 1.03. The lowest BCUT2D eigenvalue weighted by Crippen LogP contribution is -2.23. The van der Waals surface area contributed by atoms with Gasteiger partial charge < -0.3 is 5.32 Å². The summed E-state index contributed by atoms with van der Waals surface area (Å²) in [6, 6.07) is 6.29. The molecule has 122 valence electrons. The molecule has 23 heavy (non-hydrogen) atoms. The molecule has 6 nitrogen and oxygen atoms in total. The van der Waals surface area contributed by atoms with Crippen molar-refractivity contribution in [1.82, 2.24) is 4.98 Å². The Hall–Kier alpha value is -2.06. The molecule has 0 bridgehead atoms. The molecule has 0 spiro atoms. The number of hydrogen-bond acceptors (Lipinski definition) is 6. The van der Waals surface area contributed by atoms with Crippen molar-refractivity contribution in [3.05, 3.63) is 40.4 Å². The van der Waals surface area contributed by atoms with Crippen molar-refractivity contribution < 1.29 is 18.0 Å². The third-order valence-electron chi connectivity index (χ3n) is 3.06. The van der Waals surface area contributed by atoms with Crippen molar-refractivity contribution in [3.8, 4) is 0 Å². The number of aryl methyl sites for hydroxylation is 2. The Labute approximate surface area is 138 Å². The molecule has 0 saturated heterocycles. The van der Waals surface area contributed by atoms with Crippen LogP contribution in [0.3, 0.4) is 0 Å². The van der Waals surface area contributed by atoms with Crippen LogP contribution >= 0.6 is 11.3 Å². The Morgan fingerprint density at radius 2 is 1.78 bits per heavy atom. The number of hydrogen-bond donors (Lipinski definition) is 1. The molecule has 0 aliphatic rings. The maximum Gasteiger partial charge on any atom is 0.241 e. The highest BCUT2D eigenvalue weighted by Crippen LogP contribution is 2.23. The van der Waals surface area contributed by atoms with Crippen molar-refractivity contribution in [2.24, 2.45) is 0 Å². The van der Waals surface area contributed by atoms with E-state index in [2.05, 4.69) is 10.3 Å². The number of rotatable bonds is 5. The minimum absolute atomic E-state index is 0.0954. The highest BCUT2D eigenvalue weighted by atomic mass is 32.2. The molecule has 1 heterocycles.